The summed E-state index contributed by atoms with van der Waals surface area (Å²) >= 11 is 3.51. The first-order valence-corrected chi connectivity index (χ1v) is 4.34. The van der Waals surface area contributed by atoms with E-state index in [9.17, 15) is 0 Å². The quantitative estimate of drug-likeness (QED) is 0.621. The lowest BCUT2D eigenvalue weighted by Crippen LogP contribution is -2.19. The summed E-state index contributed by atoms with van der Waals surface area (Å²) in [6, 6.07) is 6.22. The number of benzene rings is 1. The van der Waals surface area contributed by atoms with Crippen molar-refractivity contribution in [1.82, 2.24) is 0 Å². The van der Waals surface area contributed by atoms with Crippen molar-refractivity contribution < 1.29 is 0 Å². The summed E-state index contributed by atoms with van der Waals surface area (Å²) in [6.07, 6.45) is 0. The van der Waals surface area contributed by atoms with Gasteiger partial charge in [-0.15, -0.1) is 0 Å². The molecule has 0 amide bonds. The van der Waals surface area contributed by atoms with Crippen LogP contribution in [0.2, 0.25) is 0 Å². The lowest BCUT2D eigenvalue weighted by atomic mass is 9.94. The second-order valence-corrected chi connectivity index (χ2v) is 3.65. The van der Waals surface area contributed by atoms with Crippen molar-refractivity contribution >= 4 is 34.9 Å². The maximum atomic E-state index is 3.51. The molecule has 0 aliphatic carbocycles. The van der Waals surface area contributed by atoms with Crippen LogP contribution in [0.5, 0.6) is 0 Å². The van der Waals surface area contributed by atoms with E-state index < -0.39 is 0 Å². The Bertz CT molecular complexity index is 240. The van der Waals surface area contributed by atoms with Gasteiger partial charge in [-0.2, -0.15) is 0 Å². The molecule has 1 nitrogen and oxygen atoms in total. The van der Waals surface area contributed by atoms with Gasteiger partial charge in [-0.1, -0.05) is 17.6 Å². The number of nitrogens with zero attached hydrogens (tertiary/aromatic N) is 1. The summed E-state index contributed by atoms with van der Waals surface area (Å²) in [5.41, 5.74) is 2.55. The maximum absolute atomic E-state index is 3.51. The Balaban J connectivity index is 3.21. The molecule has 0 aliphatic heterocycles. The van der Waals surface area contributed by atoms with Crippen LogP contribution in [0.4, 0.5) is 5.69 Å². The van der Waals surface area contributed by atoms with E-state index in [2.05, 4.69) is 40.8 Å². The van der Waals surface area contributed by atoms with Crippen LogP contribution in [0.15, 0.2) is 22.7 Å². The van der Waals surface area contributed by atoms with Gasteiger partial charge >= 0.3 is 0 Å². The third kappa shape index (κ3) is 1.77. The van der Waals surface area contributed by atoms with Gasteiger partial charge in [0, 0.05) is 24.3 Å². The van der Waals surface area contributed by atoms with Gasteiger partial charge < -0.3 is 4.90 Å². The zero-order chi connectivity index (χ0) is 8.43. The molecule has 0 unspecified atom stereocenters. The van der Waals surface area contributed by atoms with E-state index in [1.165, 1.54) is 11.2 Å². The van der Waals surface area contributed by atoms with Crippen LogP contribution < -0.4 is 10.4 Å². The topological polar surface area (TPSA) is 3.24 Å². The average Bonchev–Trinajstić information content (AvgIpc) is 1.85. The van der Waals surface area contributed by atoms with Gasteiger partial charge in [0.25, 0.3) is 0 Å². The van der Waals surface area contributed by atoms with Gasteiger partial charge in [0.05, 0.1) is 0 Å². The number of rotatable bonds is 1. The second kappa shape index (κ2) is 3.31. The molecule has 0 atom stereocenters. The van der Waals surface area contributed by atoms with E-state index in [0.29, 0.717) is 0 Å². The van der Waals surface area contributed by atoms with Gasteiger partial charge in [-0.25, -0.2) is 0 Å². The summed E-state index contributed by atoms with van der Waals surface area (Å²) < 4.78 is 1.16. The van der Waals surface area contributed by atoms with Crippen LogP contribution in [-0.2, 0) is 0 Å². The Hall–Kier alpha value is -0.435. The van der Waals surface area contributed by atoms with Crippen LogP contribution in [0.25, 0.3) is 0 Å². The van der Waals surface area contributed by atoms with Crippen LogP contribution in [0.1, 0.15) is 0 Å². The van der Waals surface area contributed by atoms with E-state index in [-0.39, 0.29) is 0 Å². The zero-order valence-electron chi connectivity index (χ0n) is 7.06. The van der Waals surface area contributed by atoms with Gasteiger partial charge in [0.15, 0.2) is 0 Å². The Morgan fingerprint density at radius 3 is 2.36 bits per heavy atom. The highest BCUT2D eigenvalue weighted by molar-refractivity contribution is 9.10. The van der Waals surface area contributed by atoms with Gasteiger partial charge in [-0.05, 0) is 22.0 Å². The number of para-hydroxylation sites is 1. The fraction of sp³-hybridized carbons (Fsp3) is 0.250. The minimum Gasteiger partial charge on any atom is -0.377 e. The third-order valence-corrected chi connectivity index (χ3v) is 2.28. The monoisotopic (exact) mass is 211 g/mol. The molecule has 11 heavy (non-hydrogen) atoms. The van der Waals surface area contributed by atoms with Gasteiger partial charge in [0.2, 0.25) is 0 Å². The van der Waals surface area contributed by atoms with E-state index in [1.54, 1.807) is 0 Å². The molecule has 0 saturated carbocycles. The van der Waals surface area contributed by atoms with Gasteiger partial charge in [-0.3, -0.25) is 0 Å². The Kier molecular flexibility index (Phi) is 2.60. The highest BCUT2D eigenvalue weighted by atomic mass is 79.9. The smallest absolute Gasteiger partial charge is 0.142 e. The first kappa shape index (κ1) is 8.66. The van der Waals surface area contributed by atoms with Crippen LogP contribution in [0.3, 0.4) is 0 Å². The summed E-state index contributed by atoms with van der Waals surface area (Å²) in [7, 11) is 6.21. The number of hydrogen-bond donors (Lipinski definition) is 0. The lowest BCUT2D eigenvalue weighted by Gasteiger charge is -2.17. The normalized spacial score (nSPS) is 9.73. The summed E-state index contributed by atoms with van der Waals surface area (Å²) in [6.45, 7) is 0. The van der Waals surface area contributed by atoms with Crippen molar-refractivity contribution in [2.24, 2.45) is 0 Å². The maximum Gasteiger partial charge on any atom is 0.142 e. The summed E-state index contributed by atoms with van der Waals surface area (Å²) in [4.78, 5) is 2.11. The van der Waals surface area contributed by atoms with Crippen molar-refractivity contribution in [2.75, 3.05) is 19.0 Å². The molecule has 0 spiro atoms. The first-order chi connectivity index (χ1) is 5.13. The molecule has 0 bridgehead atoms. The highest BCUT2D eigenvalue weighted by Crippen LogP contribution is 2.20. The third-order valence-electron chi connectivity index (χ3n) is 1.64. The molecule has 0 saturated heterocycles. The molecule has 0 N–H and O–H groups in total. The average molecular weight is 212 g/mol. The molecule has 0 fully saturated rings. The Labute approximate surface area is 76.9 Å². The SMILES string of the molecule is Bc1cccc(Br)c1N(C)C. The van der Waals surface area contributed by atoms with Crippen molar-refractivity contribution in [2.45, 2.75) is 0 Å². The molecule has 0 radical (unpaired) electrons. The predicted molar refractivity (Wildman–Crippen MR) is 56.6 cm³/mol. The zero-order valence-corrected chi connectivity index (χ0v) is 8.64. The Morgan fingerprint density at radius 1 is 1.36 bits per heavy atom. The summed E-state index contributed by atoms with van der Waals surface area (Å²) in [5.74, 6) is 0. The molecule has 1 aromatic rings. The number of halogens is 1. The molecule has 1 rings (SSSR count). The fourth-order valence-electron chi connectivity index (χ4n) is 1.19. The predicted octanol–water partition coefficient (Wildman–Crippen LogP) is 0.773. The van der Waals surface area contributed by atoms with E-state index >= 15 is 0 Å². The van der Waals surface area contributed by atoms with E-state index in [1.807, 2.05) is 20.2 Å². The molecule has 58 valence electrons. The van der Waals surface area contributed by atoms with Crippen LogP contribution in [0, 0.1) is 0 Å². The minimum absolute atomic E-state index is 1.16. The fourth-order valence-corrected chi connectivity index (χ4v) is 2.01. The van der Waals surface area contributed by atoms with Crippen molar-refractivity contribution in [1.29, 1.82) is 0 Å². The molecular formula is C8H11BBrN. The standard InChI is InChI=1S/C8H11BBrN/c1-11(2)8-6(9)4-3-5-7(8)10/h3-5H,9H2,1-2H3. The van der Waals surface area contributed by atoms with Crippen LogP contribution >= 0.6 is 15.9 Å². The van der Waals surface area contributed by atoms with Crippen molar-refractivity contribution in [3.63, 3.8) is 0 Å². The second-order valence-electron chi connectivity index (χ2n) is 2.80. The highest BCUT2D eigenvalue weighted by Gasteiger charge is 2.02. The molecule has 0 heterocycles. The first-order valence-electron chi connectivity index (χ1n) is 3.55. The van der Waals surface area contributed by atoms with Crippen LogP contribution in [-0.4, -0.2) is 21.9 Å². The van der Waals surface area contributed by atoms with E-state index in [0.717, 1.165) is 4.47 Å². The summed E-state index contributed by atoms with van der Waals surface area (Å²) in [5, 5.41) is 0. The van der Waals surface area contributed by atoms with Gasteiger partial charge in [0.1, 0.15) is 7.85 Å². The molecule has 0 aliphatic rings. The largest absolute Gasteiger partial charge is 0.377 e. The molecule has 0 aromatic heterocycles. The van der Waals surface area contributed by atoms with Crippen molar-refractivity contribution in [3.05, 3.63) is 22.7 Å². The molecule has 1 aromatic carbocycles. The number of anilines is 1. The lowest BCUT2D eigenvalue weighted by molar-refractivity contribution is 1.13. The van der Waals surface area contributed by atoms with E-state index in [4.69, 9.17) is 0 Å². The molecular weight excluding hydrogens is 201 g/mol. The van der Waals surface area contributed by atoms with Crippen molar-refractivity contribution in [3.8, 4) is 0 Å². The Morgan fingerprint density at radius 2 is 2.00 bits per heavy atom. The molecule has 3 heteroatoms. The minimum atomic E-state index is 1.16. The number of hydrogen-bond acceptors (Lipinski definition) is 1.